The third-order valence-corrected chi connectivity index (χ3v) is 3.91. The first kappa shape index (κ1) is 14.8. The van der Waals surface area contributed by atoms with E-state index in [9.17, 15) is 9.18 Å². The Hall–Kier alpha value is -2.15. The zero-order chi connectivity index (χ0) is 15.7. The van der Waals surface area contributed by atoms with Crippen molar-refractivity contribution >= 4 is 5.82 Å². The summed E-state index contributed by atoms with van der Waals surface area (Å²) in [5.74, 6) is 0.602. The van der Waals surface area contributed by atoms with E-state index in [1.54, 1.807) is 13.0 Å². The van der Waals surface area contributed by atoms with Crippen LogP contribution in [0.15, 0.2) is 31.8 Å². The minimum Gasteiger partial charge on any atom is -0.396 e. The van der Waals surface area contributed by atoms with Crippen LogP contribution >= 0.6 is 0 Å². The molecule has 118 valence electrons. The number of pyridine rings is 1. The van der Waals surface area contributed by atoms with Crippen molar-refractivity contribution in [1.82, 2.24) is 9.88 Å². The van der Waals surface area contributed by atoms with E-state index in [2.05, 4.69) is 21.7 Å². The maximum Gasteiger partial charge on any atom is 0.519 e. The lowest BCUT2D eigenvalue weighted by atomic mass is 10.2. The number of aryl methyl sites for hydroxylation is 1. The summed E-state index contributed by atoms with van der Waals surface area (Å²) in [6, 6.07) is 5.00. The molecule has 0 aliphatic carbocycles. The molecule has 1 unspecified atom stereocenters. The van der Waals surface area contributed by atoms with Crippen LogP contribution in [0.5, 0.6) is 0 Å². The first-order chi connectivity index (χ1) is 10.5. The van der Waals surface area contributed by atoms with Crippen LogP contribution in [0.3, 0.4) is 0 Å². The highest BCUT2D eigenvalue weighted by atomic mass is 19.1. The van der Waals surface area contributed by atoms with Crippen molar-refractivity contribution < 1.29 is 13.2 Å². The van der Waals surface area contributed by atoms with Gasteiger partial charge in [-0.2, -0.15) is 4.39 Å². The minimum atomic E-state index is -0.664. The Balaban J connectivity index is 1.67. The predicted molar refractivity (Wildman–Crippen MR) is 78.3 cm³/mol. The smallest absolute Gasteiger partial charge is 0.396 e. The molecule has 3 rings (SSSR count). The summed E-state index contributed by atoms with van der Waals surface area (Å²) in [5, 5.41) is 0. The van der Waals surface area contributed by atoms with Gasteiger partial charge in [0.25, 0.3) is 0 Å². The maximum atomic E-state index is 13.3. The molecule has 0 amide bonds. The molecule has 0 saturated carbocycles. The zero-order valence-corrected chi connectivity index (χ0v) is 12.6. The monoisotopic (exact) mass is 307 g/mol. The van der Waals surface area contributed by atoms with E-state index >= 15 is 0 Å². The summed E-state index contributed by atoms with van der Waals surface area (Å²) in [5.41, 5.74) is 0. The van der Waals surface area contributed by atoms with Gasteiger partial charge in [0.2, 0.25) is 5.95 Å². The summed E-state index contributed by atoms with van der Waals surface area (Å²) < 4.78 is 23.2. The molecule has 0 N–H and O–H groups in total. The van der Waals surface area contributed by atoms with Crippen LogP contribution in [0.25, 0.3) is 0 Å². The van der Waals surface area contributed by atoms with Crippen LogP contribution in [0.2, 0.25) is 0 Å². The molecule has 1 aliphatic rings. The Morgan fingerprint density at radius 2 is 2.18 bits per heavy atom. The Morgan fingerprint density at radius 3 is 2.82 bits per heavy atom. The number of halogens is 1. The first-order valence-electron chi connectivity index (χ1n) is 7.24. The summed E-state index contributed by atoms with van der Waals surface area (Å²) in [6.45, 7) is 6.60. The molecule has 0 aromatic carbocycles. The van der Waals surface area contributed by atoms with Crippen LogP contribution < -0.4 is 10.7 Å². The second kappa shape index (κ2) is 5.92. The molecule has 1 aliphatic heterocycles. The fourth-order valence-electron chi connectivity index (χ4n) is 2.80. The SMILES string of the molecule is Cc1oc(=O)oc1CN1CCN(c2cccc(F)n2)C(C)C1. The van der Waals surface area contributed by atoms with Gasteiger partial charge in [0.05, 0.1) is 6.54 Å². The highest BCUT2D eigenvalue weighted by Gasteiger charge is 2.26. The molecular formula is C15H18FN3O3. The number of hydrogen-bond acceptors (Lipinski definition) is 6. The molecule has 22 heavy (non-hydrogen) atoms. The van der Waals surface area contributed by atoms with Crippen molar-refractivity contribution in [2.24, 2.45) is 0 Å². The Labute approximate surface area is 127 Å². The minimum absolute atomic E-state index is 0.182. The second-order valence-corrected chi connectivity index (χ2v) is 5.53. The molecule has 1 atom stereocenters. The molecule has 2 aromatic rings. The standard InChI is InChI=1S/C15H18FN3O3/c1-10-8-18(9-12-11(2)21-15(20)22-12)6-7-19(10)14-5-3-4-13(16)17-14/h3-5,10H,6-9H2,1-2H3. The van der Waals surface area contributed by atoms with E-state index in [1.165, 1.54) is 6.07 Å². The highest BCUT2D eigenvalue weighted by molar-refractivity contribution is 5.40. The number of nitrogens with zero attached hydrogens (tertiary/aromatic N) is 3. The van der Waals surface area contributed by atoms with Crippen molar-refractivity contribution in [2.45, 2.75) is 26.4 Å². The highest BCUT2D eigenvalue weighted by Crippen LogP contribution is 2.20. The summed E-state index contributed by atoms with van der Waals surface area (Å²) in [4.78, 5) is 19.3. The van der Waals surface area contributed by atoms with Gasteiger partial charge in [-0.3, -0.25) is 4.90 Å². The average molecular weight is 307 g/mol. The van der Waals surface area contributed by atoms with Gasteiger partial charge < -0.3 is 13.7 Å². The summed E-state index contributed by atoms with van der Waals surface area (Å²) >= 11 is 0. The fourth-order valence-corrected chi connectivity index (χ4v) is 2.80. The van der Waals surface area contributed by atoms with Crippen molar-refractivity contribution in [1.29, 1.82) is 0 Å². The van der Waals surface area contributed by atoms with Gasteiger partial charge in [-0.25, -0.2) is 9.78 Å². The van der Waals surface area contributed by atoms with Crippen LogP contribution in [0.4, 0.5) is 10.2 Å². The third-order valence-electron chi connectivity index (χ3n) is 3.91. The summed E-state index contributed by atoms with van der Waals surface area (Å²) in [7, 11) is 0. The molecule has 7 heteroatoms. The lowest BCUT2D eigenvalue weighted by molar-refractivity contribution is 0.202. The normalized spacial score (nSPS) is 19.6. The van der Waals surface area contributed by atoms with Gasteiger partial charge in [0.1, 0.15) is 11.6 Å². The van der Waals surface area contributed by atoms with Gasteiger partial charge >= 0.3 is 5.82 Å². The number of rotatable bonds is 3. The van der Waals surface area contributed by atoms with E-state index in [-0.39, 0.29) is 6.04 Å². The topological polar surface area (TPSA) is 62.7 Å². The third kappa shape index (κ3) is 3.04. The Morgan fingerprint density at radius 1 is 1.36 bits per heavy atom. The van der Waals surface area contributed by atoms with Crippen molar-refractivity contribution in [2.75, 3.05) is 24.5 Å². The van der Waals surface area contributed by atoms with Gasteiger partial charge in [0, 0.05) is 25.7 Å². The van der Waals surface area contributed by atoms with Crippen molar-refractivity contribution in [3.8, 4) is 0 Å². The van der Waals surface area contributed by atoms with Gasteiger partial charge in [0.15, 0.2) is 5.76 Å². The maximum absolute atomic E-state index is 13.3. The number of aromatic nitrogens is 1. The fraction of sp³-hybridized carbons (Fsp3) is 0.467. The molecule has 0 bridgehead atoms. The van der Waals surface area contributed by atoms with Crippen LogP contribution in [0, 0.1) is 12.9 Å². The first-order valence-corrected chi connectivity index (χ1v) is 7.24. The molecule has 0 radical (unpaired) electrons. The molecule has 6 nitrogen and oxygen atoms in total. The second-order valence-electron chi connectivity index (χ2n) is 5.53. The molecule has 2 aromatic heterocycles. The van der Waals surface area contributed by atoms with Crippen molar-refractivity contribution in [3.05, 3.63) is 46.3 Å². The number of hydrogen-bond donors (Lipinski definition) is 0. The van der Waals surface area contributed by atoms with E-state index in [0.717, 1.165) is 19.6 Å². The van der Waals surface area contributed by atoms with E-state index in [4.69, 9.17) is 8.83 Å². The van der Waals surface area contributed by atoms with Crippen LogP contribution in [0.1, 0.15) is 18.4 Å². The molecule has 1 fully saturated rings. The molecule has 1 saturated heterocycles. The lowest BCUT2D eigenvalue weighted by Crippen LogP contribution is -2.52. The van der Waals surface area contributed by atoms with E-state index in [0.29, 0.717) is 23.9 Å². The quantitative estimate of drug-likeness (QED) is 0.806. The largest absolute Gasteiger partial charge is 0.519 e. The van der Waals surface area contributed by atoms with Gasteiger partial charge in [-0.1, -0.05) is 6.07 Å². The van der Waals surface area contributed by atoms with Crippen molar-refractivity contribution in [3.63, 3.8) is 0 Å². The van der Waals surface area contributed by atoms with Gasteiger partial charge in [-0.15, -0.1) is 0 Å². The van der Waals surface area contributed by atoms with E-state index in [1.807, 2.05) is 6.07 Å². The predicted octanol–water partition coefficient (Wildman–Crippen LogP) is 1.79. The lowest BCUT2D eigenvalue weighted by Gasteiger charge is -2.40. The van der Waals surface area contributed by atoms with Crippen LogP contribution in [-0.4, -0.2) is 35.6 Å². The Bertz CT molecular complexity index is 712. The molecular weight excluding hydrogens is 289 g/mol. The average Bonchev–Trinajstić information content (AvgIpc) is 2.77. The number of piperazine rings is 1. The number of anilines is 1. The Kier molecular flexibility index (Phi) is 3.98. The van der Waals surface area contributed by atoms with Gasteiger partial charge in [-0.05, 0) is 26.0 Å². The molecule has 0 spiro atoms. The molecule has 3 heterocycles. The zero-order valence-electron chi connectivity index (χ0n) is 12.6. The van der Waals surface area contributed by atoms with E-state index < -0.39 is 11.8 Å². The summed E-state index contributed by atoms with van der Waals surface area (Å²) in [6.07, 6.45) is 0. The van der Waals surface area contributed by atoms with Crippen LogP contribution in [-0.2, 0) is 6.54 Å².